The third-order valence-electron chi connectivity index (χ3n) is 4.26. The Morgan fingerprint density at radius 2 is 2.10 bits per heavy atom. The number of benzene rings is 1. The molecule has 2 atom stereocenters. The molecule has 1 aliphatic carbocycles. The quantitative estimate of drug-likeness (QED) is 0.865. The van der Waals surface area contributed by atoms with Crippen molar-refractivity contribution in [2.24, 2.45) is 0 Å². The molecule has 0 radical (unpaired) electrons. The minimum atomic E-state index is 0.612. The number of H-pyrrole nitrogens is 1. The lowest BCUT2D eigenvalue weighted by Crippen LogP contribution is -2.40. The van der Waals surface area contributed by atoms with Crippen molar-refractivity contribution >= 4 is 34.3 Å². The van der Waals surface area contributed by atoms with Gasteiger partial charge in [0, 0.05) is 34.4 Å². The van der Waals surface area contributed by atoms with E-state index in [9.17, 15) is 0 Å². The zero-order chi connectivity index (χ0) is 13.9. The van der Waals surface area contributed by atoms with Crippen molar-refractivity contribution in [2.45, 2.75) is 43.5 Å². The summed E-state index contributed by atoms with van der Waals surface area (Å²) in [6.45, 7) is 0.829. The van der Waals surface area contributed by atoms with Crippen molar-refractivity contribution in [1.29, 1.82) is 0 Å². The van der Waals surface area contributed by atoms with Crippen molar-refractivity contribution in [3.8, 4) is 0 Å². The standard InChI is InChI=1S/C16H21ClN2S/c1-20-15-9-5-4-8-13(15)18-10-14-16(17)11-6-2-3-7-12(11)19-14/h2-3,6-7,13,15,18-19H,4-5,8-10H2,1H3. The molecule has 108 valence electrons. The first-order valence-electron chi connectivity index (χ1n) is 7.31. The smallest absolute Gasteiger partial charge is 0.0705 e. The lowest BCUT2D eigenvalue weighted by Gasteiger charge is -2.31. The molecule has 2 aromatic rings. The van der Waals surface area contributed by atoms with Crippen LogP contribution in [0, 0.1) is 0 Å². The number of nitrogens with one attached hydrogen (secondary N) is 2. The molecule has 1 fully saturated rings. The summed E-state index contributed by atoms with van der Waals surface area (Å²) < 4.78 is 0. The monoisotopic (exact) mass is 308 g/mol. The number of para-hydroxylation sites is 1. The SMILES string of the molecule is CSC1CCCCC1NCc1[nH]c2ccccc2c1Cl. The molecule has 20 heavy (non-hydrogen) atoms. The molecule has 1 aromatic carbocycles. The van der Waals surface area contributed by atoms with Crippen LogP contribution in [0.3, 0.4) is 0 Å². The minimum Gasteiger partial charge on any atom is -0.356 e. The number of aromatic amines is 1. The van der Waals surface area contributed by atoms with Gasteiger partial charge in [0.15, 0.2) is 0 Å². The number of hydrogen-bond acceptors (Lipinski definition) is 2. The van der Waals surface area contributed by atoms with Crippen LogP contribution in [0.15, 0.2) is 24.3 Å². The highest BCUT2D eigenvalue weighted by Gasteiger charge is 2.24. The highest BCUT2D eigenvalue weighted by atomic mass is 35.5. The molecule has 1 aliphatic rings. The predicted molar refractivity (Wildman–Crippen MR) is 89.7 cm³/mol. The Bertz CT molecular complexity index is 581. The van der Waals surface area contributed by atoms with Gasteiger partial charge in [-0.15, -0.1) is 0 Å². The van der Waals surface area contributed by atoms with Gasteiger partial charge in [0.2, 0.25) is 0 Å². The fourth-order valence-corrected chi connectivity index (χ4v) is 4.37. The summed E-state index contributed by atoms with van der Waals surface area (Å²) in [6.07, 6.45) is 7.55. The van der Waals surface area contributed by atoms with E-state index in [0.717, 1.165) is 33.4 Å². The van der Waals surface area contributed by atoms with Crippen LogP contribution >= 0.6 is 23.4 Å². The van der Waals surface area contributed by atoms with E-state index >= 15 is 0 Å². The summed E-state index contributed by atoms with van der Waals surface area (Å²) in [5.74, 6) is 0. The fourth-order valence-electron chi connectivity index (χ4n) is 3.13. The van der Waals surface area contributed by atoms with Gasteiger partial charge in [-0.25, -0.2) is 0 Å². The van der Waals surface area contributed by atoms with Gasteiger partial charge in [0.1, 0.15) is 0 Å². The Kier molecular flexibility index (Phi) is 4.59. The largest absolute Gasteiger partial charge is 0.356 e. The van der Waals surface area contributed by atoms with Crippen LogP contribution in [0.1, 0.15) is 31.4 Å². The molecule has 1 heterocycles. The highest BCUT2D eigenvalue weighted by Crippen LogP contribution is 2.29. The second kappa shape index (κ2) is 6.42. The molecular weight excluding hydrogens is 288 g/mol. The Labute approximate surface area is 129 Å². The fraction of sp³-hybridized carbons (Fsp3) is 0.500. The number of hydrogen-bond donors (Lipinski definition) is 2. The van der Waals surface area contributed by atoms with Gasteiger partial charge in [-0.05, 0) is 25.2 Å². The lowest BCUT2D eigenvalue weighted by molar-refractivity contribution is 0.382. The van der Waals surface area contributed by atoms with Crippen LogP contribution in [0.4, 0.5) is 0 Å². The summed E-state index contributed by atoms with van der Waals surface area (Å²) in [4.78, 5) is 3.44. The van der Waals surface area contributed by atoms with Crippen LogP contribution in [0.5, 0.6) is 0 Å². The van der Waals surface area contributed by atoms with Crippen LogP contribution in [0.2, 0.25) is 5.02 Å². The molecule has 0 saturated heterocycles. The molecule has 1 aromatic heterocycles. The zero-order valence-corrected chi connectivity index (χ0v) is 13.4. The first kappa shape index (κ1) is 14.3. The predicted octanol–water partition coefficient (Wildman–Crippen LogP) is 4.59. The van der Waals surface area contributed by atoms with E-state index in [1.54, 1.807) is 0 Å². The van der Waals surface area contributed by atoms with E-state index in [0.29, 0.717) is 6.04 Å². The van der Waals surface area contributed by atoms with Gasteiger partial charge in [0.25, 0.3) is 0 Å². The van der Waals surface area contributed by atoms with Gasteiger partial charge < -0.3 is 10.3 Å². The second-order valence-electron chi connectivity index (χ2n) is 5.51. The first-order valence-corrected chi connectivity index (χ1v) is 8.97. The van der Waals surface area contributed by atoms with Crippen molar-refractivity contribution in [3.05, 3.63) is 35.0 Å². The van der Waals surface area contributed by atoms with Crippen molar-refractivity contribution in [2.75, 3.05) is 6.26 Å². The number of thioether (sulfide) groups is 1. The Balaban J connectivity index is 1.71. The van der Waals surface area contributed by atoms with E-state index in [1.807, 2.05) is 23.9 Å². The van der Waals surface area contributed by atoms with Gasteiger partial charge in [-0.2, -0.15) is 11.8 Å². The van der Waals surface area contributed by atoms with E-state index in [-0.39, 0.29) is 0 Å². The summed E-state index contributed by atoms with van der Waals surface area (Å²) in [7, 11) is 0. The van der Waals surface area contributed by atoms with Gasteiger partial charge in [0.05, 0.1) is 5.02 Å². The second-order valence-corrected chi connectivity index (χ2v) is 6.96. The van der Waals surface area contributed by atoms with Gasteiger partial charge in [-0.1, -0.05) is 42.6 Å². The van der Waals surface area contributed by atoms with E-state index in [4.69, 9.17) is 11.6 Å². The van der Waals surface area contributed by atoms with E-state index in [1.165, 1.54) is 25.7 Å². The molecule has 0 spiro atoms. The van der Waals surface area contributed by atoms with Crippen molar-refractivity contribution in [3.63, 3.8) is 0 Å². The van der Waals surface area contributed by atoms with E-state index in [2.05, 4.69) is 28.7 Å². The molecule has 0 amide bonds. The molecule has 2 unspecified atom stereocenters. The summed E-state index contributed by atoms with van der Waals surface area (Å²) in [6, 6.07) is 8.83. The van der Waals surface area contributed by atoms with Crippen LogP contribution < -0.4 is 5.32 Å². The van der Waals surface area contributed by atoms with Crippen LogP contribution in [0.25, 0.3) is 10.9 Å². The molecule has 2 N–H and O–H groups in total. The maximum atomic E-state index is 6.47. The highest BCUT2D eigenvalue weighted by molar-refractivity contribution is 7.99. The molecule has 4 heteroatoms. The minimum absolute atomic E-state index is 0.612. The number of halogens is 1. The first-order chi connectivity index (χ1) is 9.79. The molecule has 2 nitrogen and oxygen atoms in total. The maximum Gasteiger partial charge on any atom is 0.0705 e. The molecule has 0 bridgehead atoms. The summed E-state index contributed by atoms with van der Waals surface area (Å²) >= 11 is 8.46. The van der Waals surface area contributed by atoms with Crippen molar-refractivity contribution < 1.29 is 0 Å². The Morgan fingerprint density at radius 1 is 1.30 bits per heavy atom. The number of fused-ring (bicyclic) bond motifs is 1. The molecular formula is C16H21ClN2S. The summed E-state index contributed by atoms with van der Waals surface area (Å²) in [5.41, 5.74) is 2.23. The zero-order valence-electron chi connectivity index (χ0n) is 11.8. The van der Waals surface area contributed by atoms with E-state index < -0.39 is 0 Å². The third-order valence-corrected chi connectivity index (χ3v) is 5.86. The molecule has 0 aliphatic heterocycles. The van der Waals surface area contributed by atoms with Crippen molar-refractivity contribution in [1.82, 2.24) is 10.3 Å². The normalized spacial score (nSPS) is 23.3. The van der Waals surface area contributed by atoms with Crippen LogP contribution in [-0.2, 0) is 6.54 Å². The van der Waals surface area contributed by atoms with Gasteiger partial charge >= 0.3 is 0 Å². The number of aromatic nitrogens is 1. The average Bonchev–Trinajstić information content (AvgIpc) is 2.82. The molecule has 1 saturated carbocycles. The maximum absolute atomic E-state index is 6.47. The summed E-state index contributed by atoms with van der Waals surface area (Å²) in [5, 5.41) is 6.43. The van der Waals surface area contributed by atoms with Gasteiger partial charge in [-0.3, -0.25) is 0 Å². The Morgan fingerprint density at radius 3 is 2.90 bits per heavy atom. The topological polar surface area (TPSA) is 27.8 Å². The lowest BCUT2D eigenvalue weighted by atomic mass is 9.95. The average molecular weight is 309 g/mol. The molecule has 3 rings (SSSR count). The van der Waals surface area contributed by atoms with Crippen LogP contribution in [-0.4, -0.2) is 22.5 Å². The Hall–Kier alpha value is -0.640. The number of rotatable bonds is 4. The third kappa shape index (κ3) is 2.85.